The lowest BCUT2D eigenvalue weighted by Gasteiger charge is -2.34. The van der Waals surface area contributed by atoms with Gasteiger partial charge in [0.1, 0.15) is 17.6 Å². The summed E-state index contributed by atoms with van der Waals surface area (Å²) < 4.78 is 21.4. The van der Waals surface area contributed by atoms with Gasteiger partial charge in [-0.15, -0.1) is 10.2 Å². The van der Waals surface area contributed by atoms with Crippen molar-refractivity contribution in [3.8, 4) is 11.5 Å². The van der Waals surface area contributed by atoms with Crippen LogP contribution in [0.4, 0.5) is 10.5 Å². The molecule has 1 aliphatic carbocycles. The zero-order valence-corrected chi connectivity index (χ0v) is 34.2. The molecule has 1 aliphatic heterocycles. The fourth-order valence-electron chi connectivity index (χ4n) is 7.39. The van der Waals surface area contributed by atoms with Crippen molar-refractivity contribution in [3.05, 3.63) is 82.8 Å². The Balaban J connectivity index is 1.21. The van der Waals surface area contributed by atoms with Crippen molar-refractivity contribution in [2.75, 3.05) is 26.0 Å². The van der Waals surface area contributed by atoms with Crippen molar-refractivity contribution in [1.29, 1.82) is 0 Å². The van der Waals surface area contributed by atoms with Gasteiger partial charge in [-0.2, -0.15) is 0 Å². The minimum absolute atomic E-state index is 0.133. The largest absolute Gasteiger partial charge is 0.494 e. The van der Waals surface area contributed by atoms with E-state index >= 15 is 0 Å². The van der Waals surface area contributed by atoms with Crippen LogP contribution in [0.5, 0.6) is 11.5 Å². The Labute approximate surface area is 312 Å². The molecule has 4 aromatic rings. The summed E-state index contributed by atoms with van der Waals surface area (Å²) in [5.74, 6) is 2.35. The monoisotopic (exact) mass is 726 g/mol. The Morgan fingerprint density at radius 3 is 2.37 bits per heavy atom. The Morgan fingerprint density at radius 2 is 1.67 bits per heavy atom. The predicted octanol–water partition coefficient (Wildman–Crippen LogP) is 8.52. The number of ether oxygens (including phenoxy) is 2. The first-order chi connectivity index (χ1) is 24.5. The number of benzene rings is 2. The van der Waals surface area contributed by atoms with Gasteiger partial charge in [0.15, 0.2) is 21.2 Å². The van der Waals surface area contributed by atoms with Crippen molar-refractivity contribution in [3.63, 3.8) is 0 Å². The number of amides is 2. The third-order valence-corrected chi connectivity index (χ3v) is 12.1. The number of pyridine rings is 1. The van der Waals surface area contributed by atoms with E-state index in [1.807, 2.05) is 36.5 Å². The van der Waals surface area contributed by atoms with Gasteiger partial charge < -0.3 is 24.5 Å². The minimum Gasteiger partial charge on any atom is -0.494 e. The van der Waals surface area contributed by atoms with E-state index < -0.39 is 15.4 Å². The maximum atomic E-state index is 13.8. The SMILES string of the molecule is COc1c(NC(=O)N[C@H]2CC[C@@H](Oc3ccc4nnc([C@@H]5CCCCN5C)n4c3)c3ccccc32)cc(C(C)(C)C)cc1C(C)(C)O[SiH2]C(C)(C)C. The van der Waals surface area contributed by atoms with Gasteiger partial charge >= 0.3 is 6.03 Å². The summed E-state index contributed by atoms with van der Waals surface area (Å²) >= 11 is 0. The van der Waals surface area contributed by atoms with E-state index in [2.05, 4.69) is 111 Å². The highest BCUT2D eigenvalue weighted by molar-refractivity contribution is 6.31. The summed E-state index contributed by atoms with van der Waals surface area (Å²) in [6.45, 7) is 18.4. The summed E-state index contributed by atoms with van der Waals surface area (Å²) in [5.41, 5.74) is 4.86. The van der Waals surface area contributed by atoms with Crippen LogP contribution >= 0.6 is 0 Å². The van der Waals surface area contributed by atoms with Crippen LogP contribution in [-0.2, 0) is 15.4 Å². The molecule has 3 heterocycles. The van der Waals surface area contributed by atoms with Crippen molar-refractivity contribution in [2.45, 2.75) is 122 Å². The Kier molecular flexibility index (Phi) is 10.8. The first kappa shape index (κ1) is 37.8. The second-order valence-electron chi connectivity index (χ2n) is 17.3. The average Bonchev–Trinajstić information content (AvgIpc) is 3.50. The molecule has 2 aromatic heterocycles. The van der Waals surface area contributed by atoms with Crippen LogP contribution in [0.3, 0.4) is 0 Å². The molecule has 3 atom stereocenters. The molecule has 2 amide bonds. The first-order valence-electron chi connectivity index (χ1n) is 18.8. The molecule has 52 heavy (non-hydrogen) atoms. The van der Waals surface area contributed by atoms with Gasteiger partial charge in [-0.05, 0) is 105 Å². The fraction of sp³-hybridized carbons (Fsp3) is 0.537. The molecule has 10 nitrogen and oxygen atoms in total. The molecular formula is C41H58N6O4Si. The number of aromatic nitrogens is 3. The van der Waals surface area contributed by atoms with E-state index in [0.717, 1.165) is 65.3 Å². The first-order valence-corrected chi connectivity index (χ1v) is 20.1. The van der Waals surface area contributed by atoms with Gasteiger partial charge in [-0.25, -0.2) is 4.79 Å². The quantitative estimate of drug-likeness (QED) is 0.167. The normalized spacial score (nSPS) is 20.2. The molecular weight excluding hydrogens is 669 g/mol. The Bertz CT molecular complexity index is 1890. The number of methoxy groups -OCH3 is 1. The smallest absolute Gasteiger partial charge is 0.319 e. The van der Waals surface area contributed by atoms with Crippen LogP contribution in [0.15, 0.2) is 54.7 Å². The molecule has 2 N–H and O–H groups in total. The zero-order chi connectivity index (χ0) is 37.4. The molecule has 0 radical (unpaired) electrons. The van der Waals surface area contributed by atoms with Gasteiger partial charge in [0.2, 0.25) is 0 Å². The van der Waals surface area contributed by atoms with Crippen LogP contribution in [-0.4, -0.2) is 56.0 Å². The van der Waals surface area contributed by atoms with Crippen LogP contribution in [0.1, 0.15) is 134 Å². The highest BCUT2D eigenvalue weighted by Gasteiger charge is 2.33. The van der Waals surface area contributed by atoms with Crippen LogP contribution in [0.2, 0.25) is 5.04 Å². The van der Waals surface area contributed by atoms with Crippen molar-refractivity contribution >= 4 is 27.1 Å². The predicted molar refractivity (Wildman–Crippen MR) is 210 cm³/mol. The fourth-order valence-corrected chi connectivity index (χ4v) is 8.34. The van der Waals surface area contributed by atoms with Crippen LogP contribution in [0.25, 0.3) is 5.65 Å². The third-order valence-electron chi connectivity index (χ3n) is 10.4. The number of carbonyl (C=O) groups excluding carboxylic acids is 1. The maximum Gasteiger partial charge on any atom is 0.319 e. The van der Waals surface area contributed by atoms with E-state index in [1.54, 1.807) is 7.11 Å². The van der Waals surface area contributed by atoms with Crippen molar-refractivity contribution in [2.24, 2.45) is 0 Å². The number of carbonyl (C=O) groups is 1. The number of likely N-dealkylation sites (tertiary alicyclic amines) is 1. The number of nitrogens with one attached hydrogen (secondary N) is 2. The number of anilines is 1. The number of piperidine rings is 1. The van der Waals surface area contributed by atoms with Gasteiger partial charge in [0.05, 0.1) is 36.7 Å². The molecule has 0 spiro atoms. The highest BCUT2D eigenvalue weighted by Crippen LogP contribution is 2.43. The molecule has 280 valence electrons. The summed E-state index contributed by atoms with van der Waals surface area (Å²) in [7, 11) is 2.96. The van der Waals surface area contributed by atoms with E-state index in [0.29, 0.717) is 11.4 Å². The number of rotatable bonds is 9. The molecule has 1 saturated heterocycles. The molecule has 11 heteroatoms. The Morgan fingerprint density at radius 1 is 0.923 bits per heavy atom. The summed E-state index contributed by atoms with van der Waals surface area (Å²) in [5, 5.41) is 15.6. The van der Waals surface area contributed by atoms with E-state index in [9.17, 15) is 4.79 Å². The molecule has 0 saturated carbocycles. The third kappa shape index (κ3) is 8.32. The number of fused-ring (bicyclic) bond motifs is 2. The summed E-state index contributed by atoms with van der Waals surface area (Å²) in [6, 6.07) is 16.2. The molecule has 6 rings (SSSR count). The van der Waals surface area contributed by atoms with E-state index in [1.165, 1.54) is 12.8 Å². The lowest BCUT2D eigenvalue weighted by Crippen LogP contribution is -2.36. The van der Waals surface area contributed by atoms with Crippen molar-refractivity contribution in [1.82, 2.24) is 24.8 Å². The van der Waals surface area contributed by atoms with Crippen LogP contribution in [0, 0.1) is 0 Å². The summed E-state index contributed by atoms with van der Waals surface area (Å²) in [6.07, 6.45) is 6.82. The molecule has 0 unspecified atom stereocenters. The van der Waals surface area contributed by atoms with Crippen LogP contribution < -0.4 is 20.1 Å². The molecule has 2 aromatic carbocycles. The van der Waals surface area contributed by atoms with E-state index in [-0.39, 0.29) is 34.7 Å². The zero-order valence-electron chi connectivity index (χ0n) is 32.8. The molecule has 0 bridgehead atoms. The van der Waals surface area contributed by atoms with Gasteiger partial charge in [0.25, 0.3) is 0 Å². The molecule has 2 aliphatic rings. The minimum atomic E-state index is -0.861. The maximum absolute atomic E-state index is 13.8. The van der Waals surface area contributed by atoms with Gasteiger partial charge in [0, 0.05) is 5.56 Å². The van der Waals surface area contributed by atoms with Crippen molar-refractivity contribution < 1.29 is 18.7 Å². The molecule has 1 fully saturated rings. The second kappa shape index (κ2) is 14.8. The number of urea groups is 1. The topological polar surface area (TPSA) is 102 Å². The highest BCUT2D eigenvalue weighted by atomic mass is 28.2. The average molecular weight is 727 g/mol. The van der Waals surface area contributed by atoms with Gasteiger partial charge in [-0.3, -0.25) is 9.30 Å². The van der Waals surface area contributed by atoms with E-state index in [4.69, 9.17) is 13.9 Å². The number of hydrogen-bond acceptors (Lipinski definition) is 7. The second-order valence-corrected chi connectivity index (χ2v) is 20.0. The summed E-state index contributed by atoms with van der Waals surface area (Å²) in [4.78, 5) is 16.2. The number of hydrogen-bond donors (Lipinski definition) is 2. The number of nitrogens with zero attached hydrogens (tertiary/aromatic N) is 4. The standard InChI is InChI=1S/C41H58N6O4Si/c1-39(2,3)26-23-30(41(7,8)51-52-40(4,5)6)36(49-10)32(24-26)43-38(48)42-31-19-20-34(29-16-12-11-15-28(29)31)50-27-18-21-35-44-45-37(47(35)25-27)33-17-13-14-22-46(33)9/h11-12,15-16,18,21,23-25,31,33-34H,13-14,17,19-20,22,52H2,1-10H3,(H2,42,43,48)/t31-,33-,34+/m0/s1. The Hall–Kier alpha value is -3.93. The lowest BCUT2D eigenvalue weighted by molar-refractivity contribution is 0.106. The lowest BCUT2D eigenvalue weighted by atomic mass is 9.83. The van der Waals surface area contributed by atoms with Gasteiger partial charge in [-0.1, -0.05) is 72.2 Å².